The van der Waals surface area contributed by atoms with Crippen molar-refractivity contribution in [3.63, 3.8) is 0 Å². The average Bonchev–Trinajstić information content (AvgIpc) is 3.76. The standard InChI is InChI=1S/C27H19F5N8O2S.C8H13N/c1-10(13-8-36-9-37-23(13)34)40-5-6-42-21-17-20(38-26(41-2)39-25(17)40)19(29)16(18(21)27(30,31)32)11-3-4-14(28)22-15(11)12(7-33)24(35)43-22;1-7-5-8-3-2-4-9(8)6-7/h3-4,8-10H,5-6,35H2,1-2H3,(H2,34,36,37);8H,1-6H2. The van der Waals surface area contributed by atoms with Gasteiger partial charge in [-0.05, 0) is 44.4 Å². The molecule has 0 spiro atoms. The van der Waals surface area contributed by atoms with Gasteiger partial charge in [0.25, 0.3) is 0 Å². The van der Waals surface area contributed by atoms with Crippen LogP contribution < -0.4 is 25.8 Å². The number of anilines is 3. The molecule has 0 amide bonds. The van der Waals surface area contributed by atoms with E-state index < -0.39 is 51.8 Å². The Balaban J connectivity index is 0.000000404. The summed E-state index contributed by atoms with van der Waals surface area (Å²) >= 11 is 0.670. The number of ether oxygens (including phenoxy) is 2. The monoisotopic (exact) mass is 737 g/mol. The summed E-state index contributed by atoms with van der Waals surface area (Å²) in [5, 5.41) is 8.98. The van der Waals surface area contributed by atoms with Gasteiger partial charge in [0.2, 0.25) is 0 Å². The number of hydrogen-bond donors (Lipinski definition) is 2. The maximum atomic E-state index is 16.7. The molecule has 3 aliphatic rings. The lowest BCUT2D eigenvalue weighted by atomic mass is 9.91. The fraction of sp³-hybridized carbons (Fsp3) is 0.343. The fourth-order valence-electron chi connectivity index (χ4n) is 7.33. The summed E-state index contributed by atoms with van der Waals surface area (Å²) in [7, 11) is 1.22. The van der Waals surface area contributed by atoms with E-state index in [1.54, 1.807) is 17.9 Å². The van der Waals surface area contributed by atoms with Gasteiger partial charge in [-0.25, -0.2) is 18.7 Å². The van der Waals surface area contributed by atoms with Crippen molar-refractivity contribution >= 4 is 49.0 Å². The highest BCUT2D eigenvalue weighted by Gasteiger charge is 2.44. The van der Waals surface area contributed by atoms with Gasteiger partial charge in [0.15, 0.2) is 5.82 Å². The van der Waals surface area contributed by atoms with Crippen LogP contribution in [0.4, 0.5) is 38.6 Å². The van der Waals surface area contributed by atoms with E-state index in [0.717, 1.165) is 18.2 Å². The predicted molar refractivity (Wildman–Crippen MR) is 187 cm³/mol. The smallest absolute Gasteiger partial charge is 0.420 e. The number of nitrogens with zero attached hydrogens (tertiary/aromatic N) is 7. The number of nitriles is 1. The summed E-state index contributed by atoms with van der Waals surface area (Å²) < 4.78 is 87.4. The van der Waals surface area contributed by atoms with Crippen molar-refractivity contribution in [1.29, 1.82) is 5.26 Å². The third kappa shape index (κ3) is 5.85. The molecule has 2 unspecified atom stereocenters. The number of nitrogen functional groups attached to an aromatic ring is 2. The Morgan fingerprint density at radius 3 is 2.65 bits per heavy atom. The molecule has 4 N–H and O–H groups in total. The van der Waals surface area contributed by atoms with E-state index in [4.69, 9.17) is 20.9 Å². The van der Waals surface area contributed by atoms with Crippen LogP contribution in [0.1, 0.15) is 48.9 Å². The van der Waals surface area contributed by atoms with Crippen LogP contribution in [0.25, 0.3) is 32.1 Å². The normalized spacial score (nSPS) is 17.7. The number of thiophene rings is 1. The number of alkyl halides is 3. The number of rotatable bonds is 4. The van der Waals surface area contributed by atoms with E-state index in [9.17, 15) is 9.65 Å². The first-order chi connectivity index (χ1) is 24.8. The number of hydrogen-bond acceptors (Lipinski definition) is 12. The average molecular weight is 738 g/mol. The van der Waals surface area contributed by atoms with Gasteiger partial charge in [-0.15, -0.1) is 11.3 Å². The molecule has 8 rings (SSSR count). The van der Waals surface area contributed by atoms with Crippen LogP contribution in [-0.4, -0.2) is 64.2 Å². The number of fused-ring (bicyclic) bond motifs is 2. The van der Waals surface area contributed by atoms with Crippen LogP contribution in [0.3, 0.4) is 0 Å². The minimum Gasteiger partial charge on any atom is -0.490 e. The summed E-state index contributed by atoms with van der Waals surface area (Å²) in [6.45, 7) is 7.92. The zero-order chi connectivity index (χ0) is 37.1. The molecular weight excluding hydrogens is 706 g/mol. The highest BCUT2D eigenvalue weighted by molar-refractivity contribution is 7.23. The maximum Gasteiger partial charge on any atom is 0.420 e. The number of halogens is 5. The SMILES string of the molecule is C=C1CC2CCCN2C1.COc1nc2c3c(c(C(F)(F)F)c(-c4ccc(F)c5sc(N)c(C#N)c45)c(F)c3n1)OCCN2C(C)c1cncnc1N. The van der Waals surface area contributed by atoms with E-state index in [1.165, 1.54) is 57.6 Å². The van der Waals surface area contributed by atoms with E-state index in [1.807, 2.05) is 0 Å². The molecule has 17 heteroatoms. The first-order valence-electron chi connectivity index (χ1n) is 16.3. The molecule has 2 aromatic carbocycles. The van der Waals surface area contributed by atoms with Crippen molar-refractivity contribution in [2.24, 2.45) is 0 Å². The van der Waals surface area contributed by atoms with Gasteiger partial charge in [-0.1, -0.05) is 18.2 Å². The number of methoxy groups -OCH3 is 1. The second-order valence-electron chi connectivity index (χ2n) is 12.7. The molecule has 3 aliphatic heterocycles. The Bertz CT molecular complexity index is 2280. The van der Waals surface area contributed by atoms with Crippen molar-refractivity contribution in [2.45, 2.75) is 44.4 Å². The molecule has 6 heterocycles. The van der Waals surface area contributed by atoms with Crippen LogP contribution >= 0.6 is 11.3 Å². The molecule has 3 aromatic heterocycles. The summed E-state index contributed by atoms with van der Waals surface area (Å²) in [6.07, 6.45) is 1.62. The summed E-state index contributed by atoms with van der Waals surface area (Å²) in [4.78, 5) is 20.5. The van der Waals surface area contributed by atoms with Crippen molar-refractivity contribution < 1.29 is 31.4 Å². The maximum absolute atomic E-state index is 16.7. The lowest BCUT2D eigenvalue weighted by molar-refractivity contribution is -0.138. The van der Waals surface area contributed by atoms with E-state index in [2.05, 4.69) is 31.4 Å². The number of benzene rings is 2. The second kappa shape index (κ2) is 13.3. The molecule has 0 aliphatic carbocycles. The van der Waals surface area contributed by atoms with E-state index in [-0.39, 0.29) is 56.8 Å². The highest BCUT2D eigenvalue weighted by atomic mass is 32.1. The number of nitrogens with two attached hydrogens (primary N) is 2. The summed E-state index contributed by atoms with van der Waals surface area (Å²) in [6, 6.07) is 3.55. The van der Waals surface area contributed by atoms with Gasteiger partial charge < -0.3 is 25.8 Å². The first-order valence-corrected chi connectivity index (χ1v) is 17.1. The predicted octanol–water partition coefficient (Wildman–Crippen LogP) is 7.01. The van der Waals surface area contributed by atoms with E-state index in [0.29, 0.717) is 16.9 Å². The van der Waals surface area contributed by atoms with Crippen LogP contribution in [0.2, 0.25) is 0 Å². The zero-order valence-electron chi connectivity index (χ0n) is 28.0. The topological polar surface area (TPSA) is 152 Å². The lowest BCUT2D eigenvalue weighted by Crippen LogP contribution is -2.31. The molecule has 2 saturated heterocycles. The largest absolute Gasteiger partial charge is 0.490 e. The van der Waals surface area contributed by atoms with Crippen LogP contribution in [0.5, 0.6) is 11.8 Å². The molecule has 52 heavy (non-hydrogen) atoms. The van der Waals surface area contributed by atoms with E-state index >= 15 is 17.6 Å². The van der Waals surface area contributed by atoms with Crippen molar-refractivity contribution in [3.8, 4) is 29.0 Å². The summed E-state index contributed by atoms with van der Waals surface area (Å²) in [5.41, 5.74) is 10.1. The summed E-state index contributed by atoms with van der Waals surface area (Å²) in [5.74, 6) is -2.95. The Kier molecular flexibility index (Phi) is 8.99. The number of aromatic nitrogens is 4. The third-order valence-electron chi connectivity index (χ3n) is 9.66. The minimum atomic E-state index is -5.19. The second-order valence-corrected chi connectivity index (χ2v) is 13.8. The Morgan fingerprint density at radius 1 is 1.17 bits per heavy atom. The quantitative estimate of drug-likeness (QED) is 0.145. The van der Waals surface area contributed by atoms with Gasteiger partial charge in [-0.2, -0.15) is 28.4 Å². The van der Waals surface area contributed by atoms with Gasteiger partial charge >= 0.3 is 12.2 Å². The molecule has 0 radical (unpaired) electrons. The first kappa shape index (κ1) is 35.1. The van der Waals surface area contributed by atoms with Crippen molar-refractivity contribution in [1.82, 2.24) is 24.8 Å². The van der Waals surface area contributed by atoms with Crippen LogP contribution in [0.15, 0.2) is 36.8 Å². The molecule has 0 saturated carbocycles. The lowest BCUT2D eigenvalue weighted by Gasteiger charge is -2.30. The van der Waals surface area contributed by atoms with Gasteiger partial charge in [-0.3, -0.25) is 4.90 Å². The Labute approximate surface area is 298 Å². The molecule has 270 valence electrons. The van der Waals surface area contributed by atoms with Crippen LogP contribution in [0, 0.1) is 23.0 Å². The van der Waals surface area contributed by atoms with Gasteiger partial charge in [0, 0.05) is 35.3 Å². The zero-order valence-corrected chi connectivity index (χ0v) is 28.8. The van der Waals surface area contributed by atoms with Crippen LogP contribution in [-0.2, 0) is 6.18 Å². The highest BCUT2D eigenvalue weighted by Crippen LogP contribution is 2.53. The molecule has 2 atom stereocenters. The van der Waals surface area contributed by atoms with Crippen molar-refractivity contribution in [2.75, 3.05) is 49.7 Å². The van der Waals surface area contributed by atoms with Gasteiger partial charge in [0.1, 0.15) is 58.3 Å². The Morgan fingerprint density at radius 2 is 1.96 bits per heavy atom. The molecule has 5 aromatic rings. The molecule has 0 bridgehead atoms. The minimum absolute atomic E-state index is 0.00582. The molecule has 2 fully saturated rings. The fourth-order valence-corrected chi connectivity index (χ4v) is 8.28. The Hall–Kier alpha value is -5.34. The third-order valence-corrected chi connectivity index (χ3v) is 10.7. The molecule has 11 nitrogen and oxygen atoms in total. The molecular formula is C35H32F5N9O2S. The van der Waals surface area contributed by atoms with Crippen molar-refractivity contribution in [3.05, 3.63) is 65.1 Å². The van der Waals surface area contributed by atoms with Gasteiger partial charge in [0.05, 0.1) is 35.3 Å².